The molecule has 0 saturated carbocycles. The third-order valence-electron chi connectivity index (χ3n) is 3.86. The molecule has 2 heterocycles. The molecule has 6 nitrogen and oxygen atoms in total. The van der Waals surface area contributed by atoms with Crippen LogP contribution in [0.15, 0.2) is 64.5 Å². The van der Waals surface area contributed by atoms with Crippen LogP contribution in [0.5, 0.6) is 0 Å². The van der Waals surface area contributed by atoms with Crippen LogP contribution in [0.4, 0.5) is 0 Å². The standard InChI is InChI=1S/C18H12N4O2S/c1-25-18-20-17(24)14-12-9-5-6-10-13(12)19-16(22(14)21-18)15(23)11-7-3-2-4-8-11/h2-10H,1H3/p+1. The van der Waals surface area contributed by atoms with E-state index in [-0.39, 0.29) is 17.2 Å². The van der Waals surface area contributed by atoms with Crippen molar-refractivity contribution in [2.45, 2.75) is 5.16 Å². The number of nitrogens with one attached hydrogen (secondary N) is 1. The molecule has 0 atom stereocenters. The Bertz CT molecular complexity index is 1170. The maximum absolute atomic E-state index is 13.0. The lowest BCUT2D eigenvalue weighted by molar-refractivity contribution is -0.591. The van der Waals surface area contributed by atoms with Crippen molar-refractivity contribution in [2.75, 3.05) is 6.26 Å². The summed E-state index contributed by atoms with van der Waals surface area (Å²) in [6.07, 6.45) is 1.80. The highest BCUT2D eigenvalue weighted by Gasteiger charge is 2.28. The molecular weight excluding hydrogens is 336 g/mol. The molecule has 2 aromatic carbocycles. The molecule has 0 amide bonds. The smallest absolute Gasteiger partial charge is 0.295 e. The van der Waals surface area contributed by atoms with E-state index in [1.54, 1.807) is 42.7 Å². The average Bonchev–Trinajstić information content (AvgIpc) is 2.67. The molecule has 7 heteroatoms. The van der Waals surface area contributed by atoms with Gasteiger partial charge in [-0.05, 0) is 23.4 Å². The fourth-order valence-electron chi connectivity index (χ4n) is 2.70. The van der Waals surface area contributed by atoms with Crippen LogP contribution in [0.25, 0.3) is 16.4 Å². The molecule has 0 saturated heterocycles. The molecule has 0 aliphatic carbocycles. The highest BCUT2D eigenvalue weighted by molar-refractivity contribution is 7.98. The van der Waals surface area contributed by atoms with Gasteiger partial charge >= 0.3 is 11.4 Å². The number of carbonyl (C=O) groups excluding carboxylic acids is 1. The Labute approximate surface area is 146 Å². The van der Waals surface area contributed by atoms with E-state index in [1.807, 2.05) is 18.2 Å². The van der Waals surface area contributed by atoms with Gasteiger partial charge in [-0.3, -0.25) is 14.6 Å². The second kappa shape index (κ2) is 6.10. The third kappa shape index (κ3) is 2.58. The molecule has 0 unspecified atom stereocenters. The van der Waals surface area contributed by atoms with E-state index in [1.165, 1.54) is 16.3 Å². The summed E-state index contributed by atoms with van der Waals surface area (Å²) in [6.45, 7) is 0. The number of nitrogens with zero attached hydrogens (tertiary/aromatic N) is 3. The molecule has 122 valence electrons. The van der Waals surface area contributed by atoms with Crippen LogP contribution < -0.4 is 10.1 Å². The van der Waals surface area contributed by atoms with Crippen molar-refractivity contribution < 1.29 is 9.31 Å². The van der Waals surface area contributed by atoms with Gasteiger partial charge in [0.05, 0.1) is 5.39 Å². The number of hydrogen-bond donors (Lipinski definition) is 1. The zero-order valence-corrected chi connectivity index (χ0v) is 14.1. The first-order chi connectivity index (χ1) is 12.2. The van der Waals surface area contributed by atoms with Crippen LogP contribution in [0, 0.1) is 0 Å². The molecule has 0 spiro atoms. The first-order valence-electron chi connectivity index (χ1n) is 7.58. The SMILES string of the molecule is CSc1n[n+]2c(C(=O)c3ccccc3)nc3ccccc3c2c(=O)[nH]1. The molecule has 4 aromatic rings. The van der Waals surface area contributed by atoms with Gasteiger partial charge in [0.25, 0.3) is 5.78 Å². The summed E-state index contributed by atoms with van der Waals surface area (Å²) in [5.74, 6) is -0.173. The van der Waals surface area contributed by atoms with Crippen LogP contribution in [0.3, 0.4) is 0 Å². The van der Waals surface area contributed by atoms with Crippen molar-refractivity contribution in [3.63, 3.8) is 0 Å². The number of thioether (sulfide) groups is 1. The Hall–Kier alpha value is -3.06. The monoisotopic (exact) mass is 349 g/mol. The van der Waals surface area contributed by atoms with Crippen molar-refractivity contribution in [3.05, 3.63) is 76.3 Å². The largest absolute Gasteiger partial charge is 0.398 e. The number of aromatic amines is 1. The Balaban J connectivity index is 2.13. The molecule has 0 bridgehead atoms. The van der Waals surface area contributed by atoms with E-state index >= 15 is 0 Å². The number of rotatable bonds is 3. The van der Waals surface area contributed by atoms with Gasteiger partial charge in [-0.1, -0.05) is 63.8 Å². The fraction of sp³-hybridized carbons (Fsp3) is 0.0556. The second-order valence-electron chi connectivity index (χ2n) is 5.37. The molecular formula is C18H13N4O2S+. The van der Waals surface area contributed by atoms with Gasteiger partial charge in [0.2, 0.25) is 10.7 Å². The molecule has 25 heavy (non-hydrogen) atoms. The summed E-state index contributed by atoms with van der Waals surface area (Å²) in [5.41, 5.74) is 1.07. The van der Waals surface area contributed by atoms with Crippen LogP contribution in [0.2, 0.25) is 0 Å². The van der Waals surface area contributed by atoms with Crippen LogP contribution in [0.1, 0.15) is 16.2 Å². The van der Waals surface area contributed by atoms with Gasteiger partial charge < -0.3 is 0 Å². The highest BCUT2D eigenvalue weighted by atomic mass is 32.2. The number of fused-ring (bicyclic) bond motifs is 3. The van der Waals surface area contributed by atoms with E-state index in [4.69, 9.17) is 0 Å². The van der Waals surface area contributed by atoms with E-state index in [0.717, 1.165) is 0 Å². The summed E-state index contributed by atoms with van der Waals surface area (Å²) in [6, 6.07) is 16.1. The predicted molar refractivity (Wildman–Crippen MR) is 95.0 cm³/mol. The van der Waals surface area contributed by atoms with E-state index in [9.17, 15) is 9.59 Å². The van der Waals surface area contributed by atoms with Crippen molar-refractivity contribution in [1.29, 1.82) is 0 Å². The summed E-state index contributed by atoms with van der Waals surface area (Å²) in [7, 11) is 0. The normalized spacial score (nSPS) is 11.1. The lowest BCUT2D eigenvalue weighted by Crippen LogP contribution is -2.42. The quantitative estimate of drug-likeness (QED) is 0.265. The van der Waals surface area contributed by atoms with Gasteiger partial charge in [0.1, 0.15) is 0 Å². The van der Waals surface area contributed by atoms with E-state index < -0.39 is 0 Å². The average molecular weight is 349 g/mol. The van der Waals surface area contributed by atoms with Gasteiger partial charge in [-0.25, -0.2) is 0 Å². The number of ketones is 1. The van der Waals surface area contributed by atoms with Crippen molar-refractivity contribution in [3.8, 4) is 0 Å². The third-order valence-corrected chi connectivity index (χ3v) is 4.43. The maximum atomic E-state index is 13.0. The first-order valence-corrected chi connectivity index (χ1v) is 8.80. The van der Waals surface area contributed by atoms with Gasteiger partial charge in [0.15, 0.2) is 5.52 Å². The second-order valence-corrected chi connectivity index (χ2v) is 6.17. The van der Waals surface area contributed by atoms with Crippen LogP contribution in [-0.4, -0.2) is 27.1 Å². The number of aromatic nitrogens is 4. The summed E-state index contributed by atoms with van der Waals surface area (Å²) in [4.78, 5) is 32.8. The maximum Gasteiger partial charge on any atom is 0.398 e. The van der Waals surface area contributed by atoms with Crippen molar-refractivity contribution in [1.82, 2.24) is 15.1 Å². The lowest BCUT2D eigenvalue weighted by Gasteiger charge is -2.02. The van der Waals surface area contributed by atoms with E-state index in [2.05, 4.69) is 15.1 Å². The molecule has 0 aliphatic rings. The molecule has 4 rings (SSSR count). The minimum absolute atomic E-state index is 0.112. The number of para-hydroxylation sites is 1. The van der Waals surface area contributed by atoms with Gasteiger partial charge in [0, 0.05) is 5.56 Å². The first kappa shape index (κ1) is 15.5. The fourth-order valence-corrected chi connectivity index (χ4v) is 3.06. The number of benzene rings is 2. The molecule has 0 radical (unpaired) electrons. The molecule has 0 fully saturated rings. The number of H-pyrrole nitrogens is 1. The van der Waals surface area contributed by atoms with Gasteiger partial charge in [-0.15, -0.1) is 0 Å². The summed E-state index contributed by atoms with van der Waals surface area (Å²) >= 11 is 1.29. The molecule has 2 aromatic heterocycles. The molecule has 1 N–H and O–H groups in total. The lowest BCUT2D eigenvalue weighted by atomic mass is 10.1. The number of carbonyl (C=O) groups is 1. The van der Waals surface area contributed by atoms with Crippen molar-refractivity contribution >= 4 is 34.0 Å². The zero-order valence-electron chi connectivity index (χ0n) is 13.3. The predicted octanol–water partition coefficient (Wildman–Crippen LogP) is 2.01. The van der Waals surface area contributed by atoms with Crippen molar-refractivity contribution in [2.24, 2.45) is 0 Å². The van der Waals surface area contributed by atoms with Crippen LogP contribution in [-0.2, 0) is 0 Å². The Morgan fingerprint density at radius 1 is 1.08 bits per heavy atom. The summed E-state index contributed by atoms with van der Waals surface area (Å²) < 4.78 is 1.35. The Morgan fingerprint density at radius 2 is 1.80 bits per heavy atom. The highest BCUT2D eigenvalue weighted by Crippen LogP contribution is 2.15. The Kier molecular flexibility index (Phi) is 3.77. The number of hydrogen-bond acceptors (Lipinski definition) is 5. The zero-order chi connectivity index (χ0) is 17.4. The molecule has 0 aliphatic heterocycles. The minimum Gasteiger partial charge on any atom is -0.295 e. The van der Waals surface area contributed by atoms with Gasteiger partial charge in [-0.2, -0.15) is 0 Å². The minimum atomic E-state index is -0.305. The Morgan fingerprint density at radius 3 is 2.56 bits per heavy atom. The topological polar surface area (TPSA) is 79.8 Å². The van der Waals surface area contributed by atoms with Crippen LogP contribution >= 0.6 is 11.8 Å². The summed E-state index contributed by atoms with van der Waals surface area (Å²) in [5, 5.41) is 5.46. The van der Waals surface area contributed by atoms with E-state index in [0.29, 0.717) is 27.1 Å².